The Morgan fingerprint density at radius 2 is 1.88 bits per heavy atom. The second-order valence-corrected chi connectivity index (χ2v) is 9.26. The summed E-state index contributed by atoms with van der Waals surface area (Å²) in [4.78, 5) is 39.7. The molecule has 1 atom stereocenters. The first kappa shape index (κ1) is 26.8. The zero-order valence-electron chi connectivity index (χ0n) is 18.9. The van der Waals surface area contributed by atoms with E-state index >= 15 is 0 Å². The first-order valence-electron chi connectivity index (χ1n) is 9.87. The molecule has 2 aromatic heterocycles. The highest BCUT2D eigenvalue weighted by molar-refractivity contribution is 9.10. The monoisotopic (exact) mass is 552 g/mol. The van der Waals surface area contributed by atoms with Crippen molar-refractivity contribution in [1.29, 1.82) is 0 Å². The number of halogens is 4. The summed E-state index contributed by atoms with van der Waals surface area (Å²) < 4.78 is 45.5. The molecule has 8 nitrogen and oxygen atoms in total. The Morgan fingerprint density at radius 1 is 1.27 bits per heavy atom. The van der Waals surface area contributed by atoms with Gasteiger partial charge in [0, 0.05) is 14.1 Å². The van der Waals surface area contributed by atoms with E-state index in [4.69, 9.17) is 4.74 Å². The van der Waals surface area contributed by atoms with Crippen LogP contribution in [0.1, 0.15) is 63.3 Å². The molecule has 2 rings (SSSR count). The predicted molar refractivity (Wildman–Crippen MR) is 121 cm³/mol. The maximum atomic E-state index is 13.2. The lowest BCUT2D eigenvalue weighted by atomic mass is 10.1. The van der Waals surface area contributed by atoms with E-state index in [1.165, 1.54) is 18.7 Å². The number of hydrogen-bond donors (Lipinski definition) is 1. The van der Waals surface area contributed by atoms with Crippen LogP contribution in [0.15, 0.2) is 4.47 Å². The van der Waals surface area contributed by atoms with Gasteiger partial charge in [-0.2, -0.15) is 18.3 Å². The molecule has 0 radical (unpaired) electrons. The fraction of sp³-hybridized carbons (Fsp3) is 0.500. The summed E-state index contributed by atoms with van der Waals surface area (Å²) in [7, 11) is 3.10. The highest BCUT2D eigenvalue weighted by atomic mass is 79.9. The molecule has 0 bridgehead atoms. The molecule has 0 spiro atoms. The number of alkyl halides is 3. The van der Waals surface area contributed by atoms with Gasteiger partial charge in [-0.15, -0.1) is 11.3 Å². The molecule has 33 heavy (non-hydrogen) atoms. The fourth-order valence-corrected chi connectivity index (χ4v) is 4.61. The Morgan fingerprint density at radius 3 is 2.36 bits per heavy atom. The van der Waals surface area contributed by atoms with Crippen molar-refractivity contribution in [3.05, 3.63) is 31.9 Å². The lowest BCUT2D eigenvalue weighted by Crippen LogP contribution is -2.26. The number of rotatable bonds is 7. The van der Waals surface area contributed by atoms with Gasteiger partial charge >= 0.3 is 12.1 Å². The van der Waals surface area contributed by atoms with Crippen molar-refractivity contribution in [2.75, 3.05) is 26.0 Å². The highest BCUT2D eigenvalue weighted by Gasteiger charge is 2.39. The van der Waals surface area contributed by atoms with Gasteiger partial charge in [-0.05, 0) is 48.7 Å². The van der Waals surface area contributed by atoms with Crippen molar-refractivity contribution in [3.63, 3.8) is 0 Å². The summed E-state index contributed by atoms with van der Waals surface area (Å²) in [6.07, 6.45) is -4.13. The molecular weight excluding hydrogens is 529 g/mol. The van der Waals surface area contributed by atoms with Crippen molar-refractivity contribution in [2.24, 2.45) is 0 Å². The standard InChI is InChI=1S/C20H24BrF3N4O4S/c1-7-8-32-19(31)12-9(2)14(18(30)27(5)6)33-17(12)25-16(29)11(4)28-10(3)13(21)15(26-28)20(22,23)24/h11H,7-8H2,1-6H3,(H,25,29). The van der Waals surface area contributed by atoms with E-state index in [9.17, 15) is 27.6 Å². The molecule has 1 unspecified atom stereocenters. The van der Waals surface area contributed by atoms with E-state index in [-0.39, 0.29) is 38.1 Å². The maximum Gasteiger partial charge on any atom is 0.436 e. The van der Waals surface area contributed by atoms with Gasteiger partial charge in [0.25, 0.3) is 5.91 Å². The smallest absolute Gasteiger partial charge is 0.436 e. The van der Waals surface area contributed by atoms with E-state index in [2.05, 4.69) is 26.3 Å². The van der Waals surface area contributed by atoms with Gasteiger partial charge in [0.1, 0.15) is 11.0 Å². The van der Waals surface area contributed by atoms with Crippen LogP contribution in [0.25, 0.3) is 0 Å². The number of hydrogen-bond acceptors (Lipinski definition) is 6. The number of ether oxygens (including phenoxy) is 1. The number of thiophene rings is 1. The van der Waals surface area contributed by atoms with Crippen LogP contribution in [0.4, 0.5) is 18.2 Å². The van der Waals surface area contributed by atoms with Crippen LogP contribution in [0, 0.1) is 13.8 Å². The van der Waals surface area contributed by atoms with Crippen molar-refractivity contribution < 1.29 is 32.3 Å². The number of carbonyl (C=O) groups is 3. The Hall–Kier alpha value is -2.41. The molecule has 0 saturated heterocycles. The molecule has 0 saturated carbocycles. The molecule has 0 aromatic carbocycles. The Kier molecular flexibility index (Phi) is 8.33. The summed E-state index contributed by atoms with van der Waals surface area (Å²) in [6, 6.07) is -1.15. The van der Waals surface area contributed by atoms with Gasteiger partial charge in [-0.1, -0.05) is 6.92 Å². The molecule has 1 N–H and O–H groups in total. The largest absolute Gasteiger partial charge is 0.462 e. The van der Waals surface area contributed by atoms with Crippen LogP contribution in [0.5, 0.6) is 0 Å². The minimum atomic E-state index is -4.70. The van der Waals surface area contributed by atoms with Gasteiger partial charge in [0.2, 0.25) is 5.91 Å². The van der Waals surface area contributed by atoms with Crippen LogP contribution < -0.4 is 5.32 Å². The van der Waals surface area contributed by atoms with E-state index in [1.807, 2.05) is 6.92 Å². The third kappa shape index (κ3) is 5.57. The number of esters is 1. The van der Waals surface area contributed by atoms with Crippen molar-refractivity contribution >= 4 is 50.1 Å². The summed E-state index contributed by atoms with van der Waals surface area (Å²) >= 11 is 3.78. The van der Waals surface area contributed by atoms with Crippen molar-refractivity contribution in [1.82, 2.24) is 14.7 Å². The summed E-state index contributed by atoms with van der Waals surface area (Å²) in [5.41, 5.74) is -0.651. The number of aromatic nitrogens is 2. The van der Waals surface area contributed by atoms with Crippen LogP contribution in [-0.2, 0) is 15.7 Å². The minimum absolute atomic E-state index is 0.0357. The highest BCUT2D eigenvalue weighted by Crippen LogP contribution is 2.37. The number of carbonyl (C=O) groups excluding carboxylic acids is 3. The molecule has 2 aromatic rings. The van der Waals surface area contributed by atoms with Gasteiger partial charge in [-0.25, -0.2) is 4.79 Å². The van der Waals surface area contributed by atoms with Gasteiger partial charge in [0.15, 0.2) is 5.69 Å². The SMILES string of the molecule is CCCOC(=O)c1c(NC(=O)C(C)n2nc(C(F)(F)F)c(Br)c2C)sc(C(=O)N(C)C)c1C. The van der Waals surface area contributed by atoms with Crippen LogP contribution in [0.3, 0.4) is 0 Å². The lowest BCUT2D eigenvalue weighted by Gasteiger charge is -2.15. The molecule has 2 amide bonds. The molecule has 0 fully saturated rings. The third-order valence-corrected chi connectivity index (χ3v) is 6.86. The fourth-order valence-electron chi connectivity index (χ4n) is 2.91. The zero-order valence-corrected chi connectivity index (χ0v) is 21.3. The van der Waals surface area contributed by atoms with Crippen LogP contribution >= 0.6 is 27.3 Å². The predicted octanol–water partition coefficient (Wildman–Crippen LogP) is 4.81. The number of amides is 2. The second kappa shape index (κ2) is 10.2. The van der Waals surface area contributed by atoms with E-state index < -0.39 is 29.8 Å². The van der Waals surface area contributed by atoms with E-state index in [0.29, 0.717) is 12.0 Å². The number of anilines is 1. The van der Waals surface area contributed by atoms with Gasteiger partial charge in [-0.3, -0.25) is 14.3 Å². The Labute approximate surface area is 201 Å². The molecule has 13 heteroatoms. The number of nitrogens with one attached hydrogen (secondary N) is 1. The zero-order chi connectivity index (χ0) is 25.2. The Bertz CT molecular complexity index is 1080. The van der Waals surface area contributed by atoms with Gasteiger partial charge < -0.3 is 15.0 Å². The quantitative estimate of drug-likeness (QED) is 0.497. The first-order valence-corrected chi connectivity index (χ1v) is 11.5. The molecule has 0 aliphatic heterocycles. The topological polar surface area (TPSA) is 93.5 Å². The molecular formula is C20H24BrF3N4O4S. The van der Waals surface area contributed by atoms with E-state index in [0.717, 1.165) is 16.0 Å². The van der Waals surface area contributed by atoms with Gasteiger partial charge in [0.05, 0.1) is 27.2 Å². The first-order chi connectivity index (χ1) is 15.2. The van der Waals surface area contributed by atoms with Crippen molar-refractivity contribution in [3.8, 4) is 0 Å². The minimum Gasteiger partial charge on any atom is -0.462 e. The Balaban J connectivity index is 2.45. The summed E-state index contributed by atoms with van der Waals surface area (Å²) in [5.74, 6) is -1.78. The molecule has 2 heterocycles. The van der Waals surface area contributed by atoms with Crippen LogP contribution in [-0.4, -0.2) is 53.2 Å². The molecule has 0 aliphatic carbocycles. The third-order valence-electron chi connectivity index (χ3n) is 4.72. The molecule has 182 valence electrons. The lowest BCUT2D eigenvalue weighted by molar-refractivity contribution is -0.142. The second-order valence-electron chi connectivity index (χ2n) is 7.45. The summed E-state index contributed by atoms with van der Waals surface area (Å²) in [5, 5.41) is 6.20. The van der Waals surface area contributed by atoms with Crippen molar-refractivity contribution in [2.45, 2.75) is 46.3 Å². The van der Waals surface area contributed by atoms with E-state index in [1.54, 1.807) is 21.0 Å². The summed E-state index contributed by atoms with van der Waals surface area (Å²) in [6.45, 7) is 6.31. The average Bonchev–Trinajstić information content (AvgIpc) is 3.21. The number of nitrogens with zero attached hydrogens (tertiary/aromatic N) is 3. The van der Waals surface area contributed by atoms with Crippen LogP contribution in [0.2, 0.25) is 0 Å². The normalized spacial score (nSPS) is 12.4. The maximum absolute atomic E-state index is 13.2. The average molecular weight is 553 g/mol. The molecule has 0 aliphatic rings.